The van der Waals surface area contributed by atoms with Gasteiger partial charge in [0, 0.05) is 30.6 Å². The third kappa shape index (κ3) is 4.11. The Bertz CT molecular complexity index is 4440. The minimum atomic E-state index is 0.692. The van der Waals surface area contributed by atoms with Gasteiger partial charge in [-0.1, -0.05) is 59.9 Å². The summed E-state index contributed by atoms with van der Waals surface area (Å²) in [5.74, 6) is 1.75. The third-order valence-corrected chi connectivity index (χ3v) is 13.7. The largest absolute Gasteiger partial charge is 0.451 e. The lowest BCUT2D eigenvalue weighted by Crippen LogP contribution is -1.95. The van der Waals surface area contributed by atoms with Crippen molar-refractivity contribution in [2.45, 2.75) is 0 Å². The summed E-state index contributed by atoms with van der Waals surface area (Å²) in [5, 5.41) is 0. The van der Waals surface area contributed by atoms with Crippen molar-refractivity contribution in [3.05, 3.63) is 152 Å². The lowest BCUT2D eigenvalue weighted by molar-refractivity contribution is 0.669. The summed E-state index contributed by atoms with van der Waals surface area (Å²) in [4.78, 5) is 25.8. The van der Waals surface area contributed by atoms with E-state index in [9.17, 15) is 0 Å². The number of nitrogens with zero attached hydrogens (tertiary/aromatic N) is 10. The second-order valence-electron chi connectivity index (χ2n) is 15.9. The lowest BCUT2D eigenvalue weighted by atomic mass is 10.0. The normalized spacial score (nSPS) is 12.6. The van der Waals surface area contributed by atoms with E-state index >= 15 is 0 Å². The zero-order chi connectivity index (χ0) is 40.4. The number of rotatable bonds is 3. The van der Waals surface area contributed by atoms with Crippen LogP contribution in [0.5, 0.6) is 0 Å². The summed E-state index contributed by atoms with van der Waals surface area (Å²) in [7, 11) is 2.07. The minimum Gasteiger partial charge on any atom is -0.451 e. The Labute approximate surface area is 352 Å². The van der Waals surface area contributed by atoms with Crippen LogP contribution in [0.4, 0.5) is 0 Å². The second-order valence-corrected chi connectivity index (χ2v) is 16.9. The Morgan fingerprint density at radius 1 is 0.468 bits per heavy atom. The highest BCUT2D eigenvalue weighted by Gasteiger charge is 2.23. The molecule has 0 unspecified atom stereocenters. The molecule has 290 valence electrons. The maximum atomic E-state index is 6.92. The van der Waals surface area contributed by atoms with E-state index in [0.717, 1.165) is 121 Å². The Balaban J connectivity index is 0.920. The molecule has 0 amide bonds. The molecule has 0 saturated carbocycles. The van der Waals surface area contributed by atoms with Crippen molar-refractivity contribution >= 4 is 115 Å². The quantitative estimate of drug-likeness (QED) is 0.176. The van der Waals surface area contributed by atoms with E-state index in [1.54, 1.807) is 11.3 Å². The fourth-order valence-corrected chi connectivity index (χ4v) is 10.9. The van der Waals surface area contributed by atoms with Gasteiger partial charge in [-0.3, -0.25) is 27.7 Å². The van der Waals surface area contributed by atoms with Crippen molar-refractivity contribution in [2.75, 3.05) is 0 Å². The molecule has 0 atom stereocenters. The predicted molar refractivity (Wildman–Crippen MR) is 248 cm³/mol. The van der Waals surface area contributed by atoms with Gasteiger partial charge >= 0.3 is 0 Å². The summed E-state index contributed by atoms with van der Waals surface area (Å²) >= 11 is 1.70. The average Bonchev–Trinajstić information content (AvgIpc) is 4.17. The fraction of sp³-hybridized carbons (Fsp3) is 0.0200. The van der Waals surface area contributed by atoms with E-state index in [0.29, 0.717) is 11.2 Å². The van der Waals surface area contributed by atoms with E-state index < -0.39 is 0 Å². The molecule has 9 aromatic heterocycles. The lowest BCUT2D eigenvalue weighted by Gasteiger charge is -2.07. The van der Waals surface area contributed by atoms with E-state index in [-0.39, 0.29) is 0 Å². The van der Waals surface area contributed by atoms with Crippen molar-refractivity contribution in [3.8, 4) is 27.9 Å². The first-order valence-electron chi connectivity index (χ1n) is 20.4. The van der Waals surface area contributed by atoms with Crippen LogP contribution in [0.25, 0.3) is 132 Å². The maximum absolute atomic E-state index is 6.92. The van der Waals surface area contributed by atoms with Gasteiger partial charge in [-0.25, -0.2) is 15.0 Å². The molecule has 0 N–H and O–H groups in total. The van der Waals surface area contributed by atoms with E-state index in [1.165, 1.54) is 0 Å². The molecule has 0 fully saturated rings. The zero-order valence-corrected chi connectivity index (χ0v) is 33.5. The number of fused-ring (bicyclic) bond motifs is 18. The first-order chi connectivity index (χ1) is 30.6. The molecular formula is C50H28N10OS. The van der Waals surface area contributed by atoms with Gasteiger partial charge < -0.3 is 8.98 Å². The molecule has 62 heavy (non-hydrogen) atoms. The van der Waals surface area contributed by atoms with Crippen LogP contribution in [0.1, 0.15) is 0 Å². The summed E-state index contributed by atoms with van der Waals surface area (Å²) in [6, 6.07) is 48.8. The number of para-hydroxylation sites is 6. The van der Waals surface area contributed by atoms with Crippen LogP contribution in [0.3, 0.4) is 0 Å². The predicted octanol–water partition coefficient (Wildman–Crippen LogP) is 11.8. The number of furan rings is 1. The number of aryl methyl sites for hydroxylation is 1. The smallest absolute Gasteiger partial charge is 0.220 e. The SMILES string of the molecule is Cn1c2ccc(-c3ccnc4c3oc3c(-c5ccc6c(c5)n5c7ccccc7nc5n6-c5ccc6c(c5)sc5nc7ccccc7n56)ccnc34)cc2n2c3ccccc3nc12. The highest BCUT2D eigenvalue weighted by molar-refractivity contribution is 7.23. The summed E-state index contributed by atoms with van der Waals surface area (Å²) in [5.41, 5.74) is 19.3. The van der Waals surface area contributed by atoms with Crippen molar-refractivity contribution in [3.63, 3.8) is 0 Å². The zero-order valence-electron chi connectivity index (χ0n) is 32.7. The summed E-state index contributed by atoms with van der Waals surface area (Å²) in [6.07, 6.45) is 3.70. The number of pyridine rings is 2. The highest BCUT2D eigenvalue weighted by atomic mass is 32.1. The van der Waals surface area contributed by atoms with Crippen LogP contribution in [-0.2, 0) is 7.05 Å². The van der Waals surface area contributed by atoms with Gasteiger partial charge in [-0.2, -0.15) is 0 Å². The Kier molecular flexibility index (Phi) is 6.01. The Morgan fingerprint density at radius 3 is 1.69 bits per heavy atom. The van der Waals surface area contributed by atoms with Gasteiger partial charge in [0.25, 0.3) is 0 Å². The number of thiazole rings is 1. The molecule has 11 nitrogen and oxygen atoms in total. The molecule has 15 aromatic rings. The molecule has 6 aromatic carbocycles. The molecule has 9 heterocycles. The summed E-state index contributed by atoms with van der Waals surface area (Å²) < 4.78 is 19.2. The van der Waals surface area contributed by atoms with E-state index in [2.05, 4.69) is 139 Å². The van der Waals surface area contributed by atoms with Crippen molar-refractivity contribution in [1.29, 1.82) is 0 Å². The molecule has 0 spiro atoms. The standard InChI is InChI=1S/C50H28N10OS/c1-56-38-17-14-27(24-41(38)58-35-11-5-2-8-32(35)53-48(56)58)30-20-22-51-44-45-47(61-46(30)44)31(21-23-52-45)28-15-18-39-42(25-28)59-36-12-6-3-9-33(36)54-49(59)57(39)29-16-19-40-43(26-29)62-50-55-34-10-4-7-13-37(34)60(40)50/h2-26H,1H3. The number of benzene rings is 6. The fourth-order valence-electron chi connectivity index (χ4n) is 9.87. The minimum absolute atomic E-state index is 0.692. The Morgan fingerprint density at radius 2 is 1.02 bits per heavy atom. The van der Waals surface area contributed by atoms with Crippen molar-refractivity contribution in [2.24, 2.45) is 7.05 Å². The molecule has 0 aliphatic carbocycles. The van der Waals surface area contributed by atoms with Gasteiger partial charge in [0.1, 0.15) is 11.0 Å². The van der Waals surface area contributed by atoms with Crippen LogP contribution >= 0.6 is 11.3 Å². The van der Waals surface area contributed by atoms with Crippen LogP contribution in [0, 0.1) is 0 Å². The van der Waals surface area contributed by atoms with Crippen LogP contribution < -0.4 is 0 Å². The molecule has 0 radical (unpaired) electrons. The number of hydrogen-bond acceptors (Lipinski definition) is 7. The molecule has 0 saturated heterocycles. The number of imidazole rings is 5. The monoisotopic (exact) mass is 816 g/mol. The van der Waals surface area contributed by atoms with E-state index in [1.807, 2.05) is 42.7 Å². The topological polar surface area (TPSA) is 101 Å². The maximum Gasteiger partial charge on any atom is 0.220 e. The number of aromatic nitrogens is 10. The van der Waals surface area contributed by atoms with Gasteiger partial charge in [0.15, 0.2) is 16.1 Å². The molecule has 0 aliphatic rings. The van der Waals surface area contributed by atoms with E-state index in [4.69, 9.17) is 29.3 Å². The van der Waals surface area contributed by atoms with Crippen LogP contribution in [0.2, 0.25) is 0 Å². The Hall–Kier alpha value is -8.35. The first kappa shape index (κ1) is 32.5. The van der Waals surface area contributed by atoms with Gasteiger partial charge in [-0.05, 0) is 102 Å². The van der Waals surface area contributed by atoms with Gasteiger partial charge in [0.2, 0.25) is 11.6 Å². The average molecular weight is 817 g/mol. The second kappa shape index (κ2) is 11.5. The van der Waals surface area contributed by atoms with Crippen molar-refractivity contribution in [1.82, 2.24) is 47.3 Å². The van der Waals surface area contributed by atoms with Crippen LogP contribution in [0.15, 0.2) is 156 Å². The molecule has 0 aliphatic heterocycles. The molecule has 0 bridgehead atoms. The molecule has 15 rings (SSSR count). The highest BCUT2D eigenvalue weighted by Crippen LogP contribution is 2.41. The number of hydrogen-bond donors (Lipinski definition) is 0. The molecule has 12 heteroatoms. The van der Waals surface area contributed by atoms with Crippen molar-refractivity contribution < 1.29 is 4.42 Å². The first-order valence-corrected chi connectivity index (χ1v) is 21.2. The van der Waals surface area contributed by atoms with Gasteiger partial charge in [0.05, 0.1) is 71.1 Å². The summed E-state index contributed by atoms with van der Waals surface area (Å²) in [6.45, 7) is 0. The third-order valence-electron chi connectivity index (χ3n) is 12.7. The van der Waals surface area contributed by atoms with Crippen LogP contribution in [-0.4, -0.2) is 47.3 Å². The van der Waals surface area contributed by atoms with Gasteiger partial charge in [-0.15, -0.1) is 0 Å². The molecular weight excluding hydrogens is 789 g/mol.